The third-order valence-corrected chi connectivity index (χ3v) is 8.02. The highest BCUT2D eigenvalue weighted by molar-refractivity contribution is 7.89. The van der Waals surface area contributed by atoms with Crippen LogP contribution < -0.4 is 10.0 Å². The number of hydrogen-bond donors (Lipinski definition) is 1. The van der Waals surface area contributed by atoms with Crippen molar-refractivity contribution in [1.29, 1.82) is 0 Å². The molecule has 2 N–H and O–H groups in total. The molecule has 8 nitrogen and oxygen atoms in total. The summed E-state index contributed by atoms with van der Waals surface area (Å²) in [5.41, 5.74) is 3.50. The summed E-state index contributed by atoms with van der Waals surface area (Å²) in [4.78, 5) is 34.6. The van der Waals surface area contributed by atoms with Crippen molar-refractivity contribution < 1.29 is 18.9 Å². The maximum absolute atomic E-state index is 13.9. The van der Waals surface area contributed by atoms with Crippen molar-refractivity contribution in [2.24, 2.45) is 5.14 Å². The van der Waals surface area contributed by atoms with Crippen LogP contribution in [0.4, 0.5) is 10.5 Å². The lowest BCUT2D eigenvalue weighted by Gasteiger charge is -2.45. The van der Waals surface area contributed by atoms with Crippen molar-refractivity contribution in [3.05, 3.63) is 90.3 Å². The number of aromatic nitrogens is 1. The average Bonchev–Trinajstić information content (AvgIpc) is 3.15. The Morgan fingerprint density at radius 3 is 2.51 bits per heavy atom. The molecule has 9 heteroatoms. The zero-order valence-electron chi connectivity index (χ0n) is 20.1. The molecule has 1 atom stereocenters. The van der Waals surface area contributed by atoms with Crippen LogP contribution in [0.15, 0.2) is 83.9 Å². The molecule has 1 aromatic heterocycles. The topological polar surface area (TPSA) is 112 Å². The minimum absolute atomic E-state index is 0.0522. The molecule has 2 aliphatic rings. The second-order valence-corrected chi connectivity index (χ2v) is 10.4. The molecule has 1 unspecified atom stereocenters. The van der Waals surface area contributed by atoms with Crippen molar-refractivity contribution in [2.75, 3.05) is 25.1 Å². The van der Waals surface area contributed by atoms with E-state index in [1.54, 1.807) is 21.9 Å². The first-order valence-electron chi connectivity index (χ1n) is 11.8. The molecular formula is C28H24N4O4S. The van der Waals surface area contributed by atoms with Crippen LogP contribution in [0.25, 0.3) is 21.9 Å². The van der Waals surface area contributed by atoms with Gasteiger partial charge in [0.15, 0.2) is 4.90 Å². The van der Waals surface area contributed by atoms with Gasteiger partial charge < -0.3 is 19.1 Å². The van der Waals surface area contributed by atoms with Crippen LogP contribution in [0, 0.1) is 0 Å². The van der Waals surface area contributed by atoms with E-state index in [4.69, 9.17) is 14.9 Å². The highest BCUT2D eigenvalue weighted by atomic mass is 32.2. The van der Waals surface area contributed by atoms with Gasteiger partial charge in [0.2, 0.25) is 5.91 Å². The molecule has 3 aromatic carbocycles. The SMILES string of the molecule is COC(=O)N1CC2(C1)C(=O)N(Cc1ncc3ccccc3c1-c1ccc([S+](N)[O-])cc1)c1ccccc12. The van der Waals surface area contributed by atoms with Crippen LogP contribution >= 0.6 is 0 Å². The summed E-state index contributed by atoms with van der Waals surface area (Å²) >= 11 is -1.58. The highest BCUT2D eigenvalue weighted by Gasteiger charge is 2.59. The second kappa shape index (κ2) is 8.88. The Morgan fingerprint density at radius 2 is 1.78 bits per heavy atom. The molecule has 1 spiro atoms. The van der Waals surface area contributed by atoms with Gasteiger partial charge in [0.25, 0.3) is 0 Å². The minimum Gasteiger partial charge on any atom is -0.593 e. The molecule has 4 aromatic rings. The summed E-state index contributed by atoms with van der Waals surface area (Å²) in [6.07, 6.45) is 1.39. The maximum Gasteiger partial charge on any atom is 0.409 e. The van der Waals surface area contributed by atoms with Crippen LogP contribution in [-0.2, 0) is 32.9 Å². The van der Waals surface area contributed by atoms with E-state index in [2.05, 4.69) is 0 Å². The first-order valence-corrected chi connectivity index (χ1v) is 13.0. The second-order valence-electron chi connectivity index (χ2n) is 9.31. The zero-order chi connectivity index (χ0) is 25.7. The average molecular weight is 513 g/mol. The molecule has 1 fully saturated rings. The molecule has 2 amide bonds. The molecule has 186 valence electrons. The van der Waals surface area contributed by atoms with E-state index >= 15 is 0 Å². The summed E-state index contributed by atoms with van der Waals surface area (Å²) in [7, 11) is 1.34. The molecule has 2 aliphatic heterocycles. The van der Waals surface area contributed by atoms with Crippen LogP contribution in [0.1, 0.15) is 11.3 Å². The number of rotatable bonds is 4. The Balaban J connectivity index is 1.43. The van der Waals surface area contributed by atoms with E-state index in [0.717, 1.165) is 38.8 Å². The van der Waals surface area contributed by atoms with Crippen LogP contribution in [0.2, 0.25) is 0 Å². The van der Waals surface area contributed by atoms with Crippen molar-refractivity contribution in [1.82, 2.24) is 9.88 Å². The van der Waals surface area contributed by atoms with E-state index in [1.165, 1.54) is 7.11 Å². The molecule has 37 heavy (non-hydrogen) atoms. The fourth-order valence-electron chi connectivity index (χ4n) is 5.47. The fraction of sp³-hybridized carbons (Fsp3) is 0.179. The van der Waals surface area contributed by atoms with E-state index in [1.807, 2.05) is 66.9 Å². The Kier molecular flexibility index (Phi) is 5.63. The summed E-state index contributed by atoms with van der Waals surface area (Å²) in [5, 5.41) is 7.54. The third-order valence-electron chi connectivity index (χ3n) is 7.28. The molecule has 6 rings (SSSR count). The largest absolute Gasteiger partial charge is 0.593 e. The monoisotopic (exact) mass is 512 g/mol. The normalized spacial score (nSPS) is 16.6. The number of hydrogen-bond acceptors (Lipinski definition) is 6. The van der Waals surface area contributed by atoms with Gasteiger partial charge in [-0.15, -0.1) is 5.14 Å². The summed E-state index contributed by atoms with van der Waals surface area (Å²) in [6, 6.07) is 23.0. The minimum atomic E-state index is -1.58. The number of methoxy groups -OCH3 is 1. The molecule has 0 saturated carbocycles. The van der Waals surface area contributed by atoms with Gasteiger partial charge in [-0.25, -0.2) is 4.79 Å². The van der Waals surface area contributed by atoms with E-state index in [9.17, 15) is 14.1 Å². The van der Waals surface area contributed by atoms with Crippen LogP contribution in [0.5, 0.6) is 0 Å². The number of fused-ring (bicyclic) bond motifs is 3. The molecule has 0 radical (unpaired) electrons. The van der Waals surface area contributed by atoms with Crippen molar-refractivity contribution in [3.8, 4) is 11.1 Å². The van der Waals surface area contributed by atoms with Crippen LogP contribution in [0.3, 0.4) is 0 Å². The summed E-state index contributed by atoms with van der Waals surface area (Å²) < 4.78 is 16.6. The number of nitrogens with two attached hydrogens (primary N) is 1. The molecule has 0 aliphatic carbocycles. The van der Waals surface area contributed by atoms with Gasteiger partial charge in [0.1, 0.15) is 5.41 Å². The number of nitrogens with zero attached hydrogens (tertiary/aromatic N) is 3. The first-order chi connectivity index (χ1) is 17.9. The van der Waals surface area contributed by atoms with Gasteiger partial charge in [-0.2, -0.15) is 0 Å². The Hall–Kier alpha value is -3.92. The van der Waals surface area contributed by atoms with Crippen molar-refractivity contribution >= 4 is 39.8 Å². The Bertz CT molecular complexity index is 1530. The number of likely N-dealkylation sites (tertiary alicyclic amines) is 1. The highest BCUT2D eigenvalue weighted by Crippen LogP contribution is 2.48. The fourth-order valence-corrected chi connectivity index (χ4v) is 5.88. The maximum atomic E-state index is 13.9. The number of carbonyl (C=O) groups is 2. The van der Waals surface area contributed by atoms with Gasteiger partial charge in [-0.1, -0.05) is 42.5 Å². The Labute approximate surface area is 217 Å². The van der Waals surface area contributed by atoms with Gasteiger partial charge in [-0.05, 0) is 46.8 Å². The summed E-state index contributed by atoms with van der Waals surface area (Å²) in [6.45, 7) is 0.823. The third kappa shape index (κ3) is 3.66. The number of carbonyl (C=O) groups excluding carboxylic acids is 2. The Morgan fingerprint density at radius 1 is 1.08 bits per heavy atom. The number of anilines is 1. The van der Waals surface area contributed by atoms with Gasteiger partial charge >= 0.3 is 6.09 Å². The zero-order valence-corrected chi connectivity index (χ0v) is 20.9. The standard InChI is InChI=1S/C28H24N4O4S/c1-36-27(34)31-16-28(17-31)22-8-4-5-9-24(22)32(26(28)33)15-23-25(18-10-12-20(13-11-18)37(29)35)21-7-3-2-6-19(21)14-30-23/h2-14H,15-17,29H2,1H3. The summed E-state index contributed by atoms with van der Waals surface area (Å²) in [5.74, 6) is -0.0522. The molecule has 0 bridgehead atoms. The first kappa shape index (κ1) is 23.5. The van der Waals surface area contributed by atoms with Gasteiger partial charge in [-0.3, -0.25) is 9.78 Å². The van der Waals surface area contributed by atoms with Crippen LogP contribution in [-0.4, -0.2) is 46.6 Å². The predicted molar refractivity (Wildman–Crippen MR) is 141 cm³/mol. The quantitative estimate of drug-likeness (QED) is 0.417. The number of para-hydroxylation sites is 1. The molecule has 3 heterocycles. The van der Waals surface area contributed by atoms with E-state index in [0.29, 0.717) is 4.90 Å². The van der Waals surface area contributed by atoms with Crippen molar-refractivity contribution in [3.63, 3.8) is 0 Å². The lowest BCUT2D eigenvalue weighted by molar-refractivity contribution is -0.128. The van der Waals surface area contributed by atoms with Gasteiger partial charge in [0.05, 0.1) is 30.7 Å². The lowest BCUT2D eigenvalue weighted by Crippen LogP contribution is -2.65. The molecular weight excluding hydrogens is 488 g/mol. The van der Waals surface area contributed by atoms with Gasteiger partial charge in [0, 0.05) is 35.9 Å². The predicted octanol–water partition coefficient (Wildman–Crippen LogP) is 3.75. The number of pyridine rings is 1. The number of ether oxygens (including phenoxy) is 1. The van der Waals surface area contributed by atoms with Crippen molar-refractivity contribution in [2.45, 2.75) is 16.9 Å². The smallest absolute Gasteiger partial charge is 0.409 e. The number of amides is 2. The number of benzene rings is 3. The lowest BCUT2D eigenvalue weighted by atomic mass is 9.75. The molecule has 1 saturated heterocycles. The van der Waals surface area contributed by atoms with E-state index in [-0.39, 0.29) is 25.5 Å². The van der Waals surface area contributed by atoms with E-state index < -0.39 is 22.9 Å².